The molecule has 0 atom stereocenters. The summed E-state index contributed by atoms with van der Waals surface area (Å²) in [4.78, 5) is 4.35. The van der Waals surface area contributed by atoms with Crippen molar-refractivity contribution in [1.29, 1.82) is 0 Å². The van der Waals surface area contributed by atoms with Crippen molar-refractivity contribution in [2.45, 2.75) is 12.7 Å². The molecule has 0 spiro atoms. The predicted octanol–water partition coefficient (Wildman–Crippen LogP) is 3.09. The zero-order chi connectivity index (χ0) is 15.6. The first-order valence-electron chi connectivity index (χ1n) is 7.26. The largest absolute Gasteiger partial charge is 0.260 e. The van der Waals surface area contributed by atoms with Gasteiger partial charge in [0.2, 0.25) is 10.0 Å². The highest BCUT2D eigenvalue weighted by Gasteiger charge is 2.27. The van der Waals surface area contributed by atoms with Gasteiger partial charge in [-0.2, -0.15) is 0 Å². The summed E-state index contributed by atoms with van der Waals surface area (Å²) in [5.41, 5.74) is 1.20. The lowest BCUT2D eigenvalue weighted by molar-refractivity contribution is 0.541. The third-order valence-corrected chi connectivity index (χ3v) is 6.64. The second-order valence-electron chi connectivity index (χ2n) is 5.06. The van der Waals surface area contributed by atoms with E-state index in [9.17, 15) is 8.42 Å². The van der Waals surface area contributed by atoms with Crippen LogP contribution in [0.4, 0.5) is 0 Å². The molecule has 0 saturated heterocycles. The highest BCUT2D eigenvalue weighted by molar-refractivity contribution is 8.14. The van der Waals surface area contributed by atoms with Gasteiger partial charge in [0.05, 0.1) is 18.8 Å². The van der Waals surface area contributed by atoms with Crippen LogP contribution in [-0.2, 0) is 15.8 Å². The van der Waals surface area contributed by atoms with E-state index in [0.717, 1.165) is 5.75 Å². The lowest BCUT2D eigenvalue weighted by atomic mass is 10.1. The van der Waals surface area contributed by atoms with Gasteiger partial charge in [-0.05, 0) is 23.3 Å². The summed E-state index contributed by atoms with van der Waals surface area (Å²) >= 11 is 1.50. The average molecular weight is 334 g/mol. The monoisotopic (exact) mass is 334 g/mol. The fourth-order valence-corrected chi connectivity index (χ4v) is 4.92. The molecule has 0 bridgehead atoms. The normalized spacial score (nSPS) is 15.3. The maximum Gasteiger partial charge on any atom is 0.236 e. The van der Waals surface area contributed by atoms with Crippen molar-refractivity contribution in [3.8, 4) is 0 Å². The van der Waals surface area contributed by atoms with E-state index in [-0.39, 0.29) is 5.75 Å². The van der Waals surface area contributed by atoms with Gasteiger partial charge < -0.3 is 0 Å². The van der Waals surface area contributed by atoms with Crippen LogP contribution < -0.4 is 0 Å². The summed E-state index contributed by atoms with van der Waals surface area (Å²) in [6.45, 7) is 2.69. The van der Waals surface area contributed by atoms with Gasteiger partial charge in [-0.15, -0.1) is 0 Å². The maximum absolute atomic E-state index is 12.1. The second-order valence-corrected chi connectivity index (χ2v) is 8.19. The molecule has 1 aliphatic rings. The molecule has 0 aliphatic carbocycles. The molecule has 2 aromatic rings. The third kappa shape index (κ3) is 2.98. The molecule has 0 unspecified atom stereocenters. The van der Waals surface area contributed by atoms with E-state index in [0.29, 0.717) is 18.3 Å². The molecule has 0 aromatic heterocycles. The minimum Gasteiger partial charge on any atom is -0.260 e. The minimum absolute atomic E-state index is 0.112. The van der Waals surface area contributed by atoms with Crippen LogP contribution in [0.5, 0.6) is 0 Å². The molecule has 6 heteroatoms. The molecular weight excluding hydrogens is 316 g/mol. The van der Waals surface area contributed by atoms with Gasteiger partial charge in [-0.3, -0.25) is 4.99 Å². The summed E-state index contributed by atoms with van der Waals surface area (Å²) in [7, 11) is -3.21. The van der Waals surface area contributed by atoms with Gasteiger partial charge in [0.25, 0.3) is 0 Å². The van der Waals surface area contributed by atoms with E-state index in [1.165, 1.54) is 32.4 Å². The Morgan fingerprint density at radius 3 is 2.77 bits per heavy atom. The van der Waals surface area contributed by atoms with Crippen LogP contribution >= 0.6 is 11.8 Å². The molecule has 0 radical (unpaired) electrons. The quantitative estimate of drug-likeness (QED) is 0.863. The molecule has 0 saturated carbocycles. The third-order valence-electron chi connectivity index (χ3n) is 3.70. The average Bonchev–Trinajstić information content (AvgIpc) is 3.02. The minimum atomic E-state index is -3.21. The van der Waals surface area contributed by atoms with Crippen molar-refractivity contribution in [3.05, 3.63) is 48.0 Å². The van der Waals surface area contributed by atoms with Crippen LogP contribution in [0.3, 0.4) is 0 Å². The van der Waals surface area contributed by atoms with Gasteiger partial charge in [0.1, 0.15) is 0 Å². The van der Waals surface area contributed by atoms with Crippen LogP contribution in [-0.4, -0.2) is 36.7 Å². The fraction of sp³-hybridized carbons (Fsp3) is 0.312. The molecular formula is C16H18N2O2S2. The fourth-order valence-electron chi connectivity index (χ4n) is 2.50. The standard InChI is InChI=1S/C16H18N2O2S2/c1-2-22(19,20)18-11-10-17-16(18)21-12-14-8-5-7-13-6-3-4-9-15(13)14/h3-9H,2,10-12H2,1H3. The number of fused-ring (bicyclic) bond motifs is 1. The highest BCUT2D eigenvalue weighted by atomic mass is 32.2. The Morgan fingerprint density at radius 2 is 1.95 bits per heavy atom. The summed E-state index contributed by atoms with van der Waals surface area (Å²) in [6.07, 6.45) is 0. The number of rotatable bonds is 4. The lowest BCUT2D eigenvalue weighted by Crippen LogP contribution is -2.34. The predicted molar refractivity (Wildman–Crippen MR) is 93.7 cm³/mol. The van der Waals surface area contributed by atoms with Crippen LogP contribution in [0, 0.1) is 0 Å². The number of thioether (sulfide) groups is 1. The SMILES string of the molecule is CCS(=O)(=O)N1CCN=C1SCc1cccc2ccccc12. The first kappa shape index (κ1) is 15.4. The summed E-state index contributed by atoms with van der Waals surface area (Å²) < 4.78 is 25.6. The van der Waals surface area contributed by atoms with Gasteiger partial charge in [-0.1, -0.05) is 54.2 Å². The Hall–Kier alpha value is -1.53. The number of sulfonamides is 1. The van der Waals surface area contributed by atoms with Crippen molar-refractivity contribution in [2.24, 2.45) is 4.99 Å². The summed E-state index contributed by atoms with van der Waals surface area (Å²) in [5.74, 6) is 0.830. The van der Waals surface area contributed by atoms with Gasteiger partial charge in [0, 0.05) is 5.75 Å². The van der Waals surface area contributed by atoms with Crippen LogP contribution in [0.1, 0.15) is 12.5 Å². The molecule has 116 valence electrons. The number of hydrogen-bond donors (Lipinski definition) is 0. The van der Waals surface area contributed by atoms with Crippen LogP contribution in [0.2, 0.25) is 0 Å². The number of aliphatic imine (C=N–C) groups is 1. The van der Waals surface area contributed by atoms with Crippen molar-refractivity contribution < 1.29 is 8.42 Å². The summed E-state index contributed by atoms with van der Waals surface area (Å²) in [6, 6.07) is 14.4. The van der Waals surface area contributed by atoms with E-state index in [1.807, 2.05) is 18.2 Å². The zero-order valence-corrected chi connectivity index (χ0v) is 14.0. The summed E-state index contributed by atoms with van der Waals surface area (Å²) in [5, 5.41) is 3.03. The smallest absolute Gasteiger partial charge is 0.236 e. The Labute approximate surface area is 135 Å². The molecule has 2 aromatic carbocycles. The van der Waals surface area contributed by atoms with Gasteiger partial charge in [0.15, 0.2) is 5.17 Å². The van der Waals surface area contributed by atoms with Crippen molar-refractivity contribution in [1.82, 2.24) is 4.31 Å². The number of nitrogens with zero attached hydrogens (tertiary/aromatic N) is 2. The zero-order valence-electron chi connectivity index (χ0n) is 12.4. The lowest BCUT2D eigenvalue weighted by Gasteiger charge is -2.18. The Balaban J connectivity index is 1.80. The Morgan fingerprint density at radius 1 is 1.18 bits per heavy atom. The first-order valence-corrected chi connectivity index (χ1v) is 9.85. The molecule has 0 fully saturated rings. The number of amidine groups is 1. The van der Waals surface area contributed by atoms with Crippen LogP contribution in [0.15, 0.2) is 47.5 Å². The number of hydrogen-bond acceptors (Lipinski definition) is 4. The Bertz CT molecular complexity index is 811. The number of benzene rings is 2. The van der Waals surface area contributed by atoms with Gasteiger partial charge in [-0.25, -0.2) is 12.7 Å². The van der Waals surface area contributed by atoms with E-state index in [4.69, 9.17) is 0 Å². The van der Waals surface area contributed by atoms with E-state index in [2.05, 4.69) is 29.3 Å². The highest BCUT2D eigenvalue weighted by Crippen LogP contribution is 2.26. The van der Waals surface area contributed by atoms with Gasteiger partial charge >= 0.3 is 0 Å². The van der Waals surface area contributed by atoms with Crippen molar-refractivity contribution in [3.63, 3.8) is 0 Å². The molecule has 4 nitrogen and oxygen atoms in total. The molecule has 0 N–H and O–H groups in total. The van der Waals surface area contributed by atoms with Crippen molar-refractivity contribution in [2.75, 3.05) is 18.8 Å². The molecule has 3 rings (SSSR count). The molecule has 1 aliphatic heterocycles. The van der Waals surface area contributed by atoms with Crippen LogP contribution in [0.25, 0.3) is 10.8 Å². The molecule has 1 heterocycles. The van der Waals surface area contributed by atoms with E-state index >= 15 is 0 Å². The molecule has 22 heavy (non-hydrogen) atoms. The van der Waals surface area contributed by atoms with Crippen molar-refractivity contribution >= 4 is 37.7 Å². The second kappa shape index (κ2) is 6.30. The van der Waals surface area contributed by atoms with E-state index < -0.39 is 10.0 Å². The topological polar surface area (TPSA) is 49.7 Å². The maximum atomic E-state index is 12.1. The van der Waals surface area contributed by atoms with E-state index in [1.54, 1.807) is 6.92 Å². The molecule has 0 amide bonds. The Kier molecular flexibility index (Phi) is 4.40. The first-order chi connectivity index (χ1) is 10.6.